The minimum atomic E-state index is -0.789. The van der Waals surface area contributed by atoms with Crippen LogP contribution >= 0.6 is 11.3 Å². The largest absolute Gasteiger partial charge is 0.448 e. The Morgan fingerprint density at radius 2 is 1.92 bits per heavy atom. The molecule has 0 bridgehead atoms. The van der Waals surface area contributed by atoms with Crippen molar-refractivity contribution in [3.63, 3.8) is 0 Å². The molecule has 2 aromatic rings. The van der Waals surface area contributed by atoms with E-state index < -0.39 is 12.1 Å². The molecular formula is C21H25NO3S. The van der Waals surface area contributed by atoms with Gasteiger partial charge in [0.1, 0.15) is 4.88 Å². The molecule has 0 radical (unpaired) electrons. The van der Waals surface area contributed by atoms with Crippen LogP contribution in [0.15, 0.2) is 24.3 Å². The molecule has 1 atom stereocenters. The standard InChI is InChI=1S/C21H25NO3S/c1-4-17(20(23)22-16-10-9-13(2)14(3)11-16)25-21(24)19-12-15-7-5-6-8-18(15)26-19/h9-12,17H,4-8H2,1-3H3,(H,22,23). The van der Waals surface area contributed by atoms with Gasteiger partial charge >= 0.3 is 5.97 Å². The van der Waals surface area contributed by atoms with Crippen LogP contribution in [0.1, 0.15) is 57.4 Å². The number of benzene rings is 1. The van der Waals surface area contributed by atoms with Gasteiger partial charge in [0.05, 0.1) is 0 Å². The summed E-state index contributed by atoms with van der Waals surface area (Å²) >= 11 is 1.51. The summed E-state index contributed by atoms with van der Waals surface area (Å²) in [4.78, 5) is 26.9. The second-order valence-electron chi connectivity index (χ2n) is 6.86. The molecule has 0 aliphatic heterocycles. The maximum absolute atomic E-state index is 12.5. The van der Waals surface area contributed by atoms with Gasteiger partial charge in [0, 0.05) is 10.6 Å². The Kier molecular flexibility index (Phi) is 5.77. The Morgan fingerprint density at radius 1 is 1.15 bits per heavy atom. The van der Waals surface area contributed by atoms with Gasteiger partial charge in [-0.2, -0.15) is 0 Å². The van der Waals surface area contributed by atoms with Crippen molar-refractivity contribution in [1.29, 1.82) is 0 Å². The van der Waals surface area contributed by atoms with Crippen molar-refractivity contribution in [3.8, 4) is 0 Å². The summed E-state index contributed by atoms with van der Waals surface area (Å²) in [6.45, 7) is 5.87. The molecule has 3 rings (SSSR count). The third kappa shape index (κ3) is 4.15. The fourth-order valence-electron chi connectivity index (χ4n) is 3.14. The first kappa shape index (κ1) is 18.6. The van der Waals surface area contributed by atoms with Crippen LogP contribution in [0.3, 0.4) is 0 Å². The molecule has 0 saturated heterocycles. The van der Waals surface area contributed by atoms with Crippen LogP contribution in [-0.4, -0.2) is 18.0 Å². The van der Waals surface area contributed by atoms with Crippen molar-refractivity contribution in [2.45, 2.75) is 59.0 Å². The van der Waals surface area contributed by atoms with E-state index in [1.54, 1.807) is 0 Å². The Morgan fingerprint density at radius 3 is 2.62 bits per heavy atom. The van der Waals surface area contributed by atoms with Gasteiger partial charge < -0.3 is 10.1 Å². The van der Waals surface area contributed by atoms with Crippen LogP contribution in [0.5, 0.6) is 0 Å². The van der Waals surface area contributed by atoms with Gasteiger partial charge in [0.25, 0.3) is 5.91 Å². The lowest BCUT2D eigenvalue weighted by Gasteiger charge is -2.16. The number of fused-ring (bicyclic) bond motifs is 1. The minimum absolute atomic E-state index is 0.287. The molecule has 1 amide bonds. The van der Waals surface area contributed by atoms with Gasteiger partial charge in [0.15, 0.2) is 6.10 Å². The summed E-state index contributed by atoms with van der Waals surface area (Å²) in [6.07, 6.45) is 4.07. The third-order valence-corrected chi connectivity index (χ3v) is 6.10. The van der Waals surface area contributed by atoms with E-state index in [4.69, 9.17) is 4.74 Å². The SMILES string of the molecule is CCC(OC(=O)c1cc2c(s1)CCCC2)C(=O)Nc1ccc(C)c(C)c1. The van der Waals surface area contributed by atoms with E-state index in [9.17, 15) is 9.59 Å². The Hall–Kier alpha value is -2.14. The zero-order valence-electron chi connectivity index (χ0n) is 15.6. The van der Waals surface area contributed by atoms with Crippen molar-refractivity contribution < 1.29 is 14.3 Å². The predicted octanol–water partition coefficient (Wildman–Crippen LogP) is 4.82. The first-order valence-electron chi connectivity index (χ1n) is 9.18. The smallest absolute Gasteiger partial charge is 0.349 e. The second kappa shape index (κ2) is 8.04. The van der Waals surface area contributed by atoms with Gasteiger partial charge in [-0.1, -0.05) is 13.0 Å². The van der Waals surface area contributed by atoms with E-state index in [-0.39, 0.29) is 5.91 Å². The van der Waals surface area contributed by atoms with Gasteiger partial charge in [-0.05, 0) is 80.8 Å². The van der Waals surface area contributed by atoms with Crippen LogP contribution in [0, 0.1) is 13.8 Å². The molecule has 1 unspecified atom stereocenters. The molecule has 1 aliphatic carbocycles. The number of nitrogens with one attached hydrogen (secondary N) is 1. The number of amides is 1. The quantitative estimate of drug-likeness (QED) is 0.767. The van der Waals surface area contributed by atoms with Crippen molar-refractivity contribution >= 4 is 28.9 Å². The summed E-state index contributed by atoms with van der Waals surface area (Å²) in [6, 6.07) is 7.70. The van der Waals surface area contributed by atoms with E-state index in [0.29, 0.717) is 11.3 Å². The highest BCUT2D eigenvalue weighted by atomic mass is 32.1. The first-order valence-corrected chi connectivity index (χ1v) is 10.00. The maximum Gasteiger partial charge on any atom is 0.349 e. The zero-order valence-corrected chi connectivity index (χ0v) is 16.4. The van der Waals surface area contributed by atoms with E-state index in [2.05, 4.69) is 5.32 Å². The van der Waals surface area contributed by atoms with Crippen molar-refractivity contribution in [2.24, 2.45) is 0 Å². The third-order valence-electron chi connectivity index (χ3n) is 4.88. The average molecular weight is 372 g/mol. The molecular weight excluding hydrogens is 346 g/mol. The number of esters is 1. The summed E-state index contributed by atoms with van der Waals surface area (Å²) in [5, 5.41) is 2.85. The van der Waals surface area contributed by atoms with E-state index in [0.717, 1.165) is 24.1 Å². The lowest BCUT2D eigenvalue weighted by atomic mass is 9.99. The van der Waals surface area contributed by atoms with Crippen LogP contribution in [0.2, 0.25) is 0 Å². The molecule has 0 spiro atoms. The van der Waals surface area contributed by atoms with E-state index in [1.165, 1.54) is 40.2 Å². The number of carbonyl (C=O) groups is 2. The number of anilines is 1. The molecule has 1 aromatic heterocycles. The first-order chi connectivity index (χ1) is 12.5. The topological polar surface area (TPSA) is 55.4 Å². The average Bonchev–Trinajstić information content (AvgIpc) is 3.06. The molecule has 1 aliphatic rings. The highest BCUT2D eigenvalue weighted by Crippen LogP contribution is 2.30. The number of aryl methyl sites for hydroxylation is 4. The monoisotopic (exact) mass is 371 g/mol. The lowest BCUT2D eigenvalue weighted by Crippen LogP contribution is -2.31. The van der Waals surface area contributed by atoms with Crippen LogP contribution in [-0.2, 0) is 22.4 Å². The number of rotatable bonds is 5. The Labute approximate surface area is 158 Å². The molecule has 26 heavy (non-hydrogen) atoms. The summed E-state index contributed by atoms with van der Waals surface area (Å²) in [5.41, 5.74) is 4.26. The number of thiophene rings is 1. The molecule has 1 aromatic carbocycles. The fourth-order valence-corrected chi connectivity index (χ4v) is 4.28. The highest BCUT2D eigenvalue weighted by molar-refractivity contribution is 7.14. The predicted molar refractivity (Wildman–Crippen MR) is 105 cm³/mol. The molecule has 138 valence electrons. The zero-order chi connectivity index (χ0) is 18.7. The van der Waals surface area contributed by atoms with Gasteiger partial charge in [0.2, 0.25) is 0 Å². The lowest BCUT2D eigenvalue weighted by molar-refractivity contribution is -0.124. The van der Waals surface area contributed by atoms with Gasteiger partial charge in [-0.15, -0.1) is 11.3 Å². The number of carbonyl (C=O) groups excluding carboxylic acids is 2. The van der Waals surface area contributed by atoms with Crippen molar-refractivity contribution in [1.82, 2.24) is 0 Å². The second-order valence-corrected chi connectivity index (χ2v) is 7.99. The normalized spacial score (nSPS) is 14.4. The molecule has 5 heteroatoms. The van der Waals surface area contributed by atoms with Crippen molar-refractivity contribution in [2.75, 3.05) is 5.32 Å². The fraction of sp³-hybridized carbons (Fsp3) is 0.429. The molecule has 4 nitrogen and oxygen atoms in total. The number of hydrogen-bond donors (Lipinski definition) is 1. The summed E-state index contributed by atoms with van der Waals surface area (Å²) < 4.78 is 5.51. The van der Waals surface area contributed by atoms with Crippen LogP contribution in [0.25, 0.3) is 0 Å². The molecule has 1 heterocycles. The van der Waals surface area contributed by atoms with Gasteiger partial charge in [-0.3, -0.25) is 4.79 Å². The summed E-state index contributed by atoms with van der Waals surface area (Å²) in [5.74, 6) is -0.683. The molecule has 1 N–H and O–H groups in total. The van der Waals surface area contributed by atoms with Crippen molar-refractivity contribution in [3.05, 3.63) is 50.7 Å². The summed E-state index contributed by atoms with van der Waals surface area (Å²) in [7, 11) is 0. The minimum Gasteiger partial charge on any atom is -0.448 e. The maximum atomic E-state index is 12.5. The molecule has 0 saturated carbocycles. The molecule has 0 fully saturated rings. The number of hydrogen-bond acceptors (Lipinski definition) is 4. The Balaban J connectivity index is 1.66. The van der Waals surface area contributed by atoms with Crippen LogP contribution in [0.4, 0.5) is 5.69 Å². The van der Waals surface area contributed by atoms with E-state index >= 15 is 0 Å². The van der Waals surface area contributed by atoms with Crippen LogP contribution < -0.4 is 5.32 Å². The van der Waals surface area contributed by atoms with Gasteiger partial charge in [-0.25, -0.2) is 4.79 Å². The Bertz CT molecular complexity index is 801. The number of ether oxygens (including phenoxy) is 1. The van der Waals surface area contributed by atoms with E-state index in [1.807, 2.05) is 45.0 Å². The highest BCUT2D eigenvalue weighted by Gasteiger charge is 2.24.